The Kier molecular flexibility index (Phi) is 6.46. The first-order chi connectivity index (χ1) is 14.5. The van der Waals surface area contributed by atoms with Crippen molar-refractivity contribution in [1.29, 1.82) is 0 Å². The Balaban J connectivity index is 1.58. The molecule has 0 radical (unpaired) electrons. The molecule has 2 heterocycles. The second kappa shape index (κ2) is 9.08. The van der Waals surface area contributed by atoms with Gasteiger partial charge in [0.15, 0.2) is 5.16 Å². The molecule has 0 atom stereocenters. The fourth-order valence-electron chi connectivity index (χ4n) is 3.65. The van der Waals surface area contributed by atoms with Gasteiger partial charge in [-0.05, 0) is 55.9 Å². The number of hydrogen-bond donors (Lipinski definition) is 1. The van der Waals surface area contributed by atoms with E-state index in [1.807, 2.05) is 6.92 Å². The number of carbonyl (C=O) groups excluding carboxylic acids is 1. The number of fused-ring (bicyclic) bond motifs is 3. The molecule has 1 aliphatic rings. The minimum Gasteiger partial charge on any atom is -0.325 e. The van der Waals surface area contributed by atoms with E-state index in [-0.39, 0.29) is 22.2 Å². The molecule has 3 aromatic rings. The number of aromatic nitrogens is 2. The summed E-state index contributed by atoms with van der Waals surface area (Å²) in [6.07, 6.45) is 5.00. The summed E-state index contributed by atoms with van der Waals surface area (Å²) in [5.74, 6) is -0.726. The van der Waals surface area contributed by atoms with E-state index in [4.69, 9.17) is 16.6 Å². The molecule has 0 fully saturated rings. The summed E-state index contributed by atoms with van der Waals surface area (Å²) < 4.78 is 15.0. The molecule has 1 N–H and O–H groups in total. The summed E-state index contributed by atoms with van der Waals surface area (Å²) in [4.78, 5) is 32.4. The topological polar surface area (TPSA) is 64.0 Å². The molecule has 4 rings (SSSR count). The number of hydrogen-bond acceptors (Lipinski definition) is 5. The van der Waals surface area contributed by atoms with Crippen LogP contribution in [0.25, 0.3) is 10.2 Å². The van der Waals surface area contributed by atoms with Gasteiger partial charge in [-0.15, -0.1) is 11.3 Å². The lowest BCUT2D eigenvalue weighted by Gasteiger charge is -2.13. The molecular weight excluding hydrogens is 445 g/mol. The van der Waals surface area contributed by atoms with Gasteiger partial charge in [0.2, 0.25) is 5.91 Å². The summed E-state index contributed by atoms with van der Waals surface area (Å²) in [5, 5.41) is 3.97. The molecule has 5 nitrogen and oxygen atoms in total. The average molecular weight is 466 g/mol. The fraction of sp³-hybridized carbons (Fsp3) is 0.381. The summed E-state index contributed by atoms with van der Waals surface area (Å²) >= 11 is 8.61. The smallest absolute Gasteiger partial charge is 0.263 e. The first-order valence-corrected chi connectivity index (χ1v) is 12.1. The Hall–Kier alpha value is -1.90. The number of aryl methyl sites for hydroxylation is 2. The van der Waals surface area contributed by atoms with Crippen LogP contribution in [0.4, 0.5) is 10.1 Å². The molecule has 158 valence electrons. The number of amides is 1. The predicted molar refractivity (Wildman–Crippen MR) is 122 cm³/mol. The van der Waals surface area contributed by atoms with Gasteiger partial charge >= 0.3 is 0 Å². The van der Waals surface area contributed by atoms with Crippen molar-refractivity contribution in [3.05, 3.63) is 49.8 Å². The highest BCUT2D eigenvalue weighted by molar-refractivity contribution is 7.99. The van der Waals surface area contributed by atoms with Crippen LogP contribution >= 0.6 is 34.7 Å². The molecular formula is C21H21ClFN3O2S2. The molecule has 1 aromatic carbocycles. The van der Waals surface area contributed by atoms with Crippen molar-refractivity contribution >= 4 is 56.5 Å². The summed E-state index contributed by atoms with van der Waals surface area (Å²) in [5.41, 5.74) is 1.59. The number of anilines is 1. The number of thiophene rings is 1. The molecule has 0 bridgehead atoms. The Morgan fingerprint density at radius 1 is 1.37 bits per heavy atom. The van der Waals surface area contributed by atoms with E-state index in [1.54, 1.807) is 15.9 Å². The van der Waals surface area contributed by atoms with Gasteiger partial charge in [0.05, 0.1) is 16.2 Å². The van der Waals surface area contributed by atoms with E-state index in [0.29, 0.717) is 17.4 Å². The number of carbonyl (C=O) groups is 1. The highest BCUT2D eigenvalue weighted by atomic mass is 35.5. The predicted octanol–water partition coefficient (Wildman–Crippen LogP) is 5.27. The minimum absolute atomic E-state index is 0.00512. The molecule has 0 saturated carbocycles. The minimum atomic E-state index is -0.538. The Bertz CT molecular complexity index is 1180. The molecule has 0 unspecified atom stereocenters. The van der Waals surface area contributed by atoms with E-state index < -0.39 is 5.82 Å². The maximum Gasteiger partial charge on any atom is 0.263 e. The van der Waals surface area contributed by atoms with E-state index >= 15 is 0 Å². The third-order valence-electron chi connectivity index (χ3n) is 5.02. The highest BCUT2D eigenvalue weighted by Gasteiger charge is 2.22. The monoisotopic (exact) mass is 465 g/mol. The maximum absolute atomic E-state index is 13.3. The molecule has 0 aliphatic heterocycles. The summed E-state index contributed by atoms with van der Waals surface area (Å²) in [7, 11) is 0. The maximum atomic E-state index is 13.3. The summed E-state index contributed by atoms with van der Waals surface area (Å²) in [6.45, 7) is 2.57. The molecule has 0 saturated heterocycles. The van der Waals surface area contributed by atoms with Crippen molar-refractivity contribution in [2.24, 2.45) is 0 Å². The van der Waals surface area contributed by atoms with Gasteiger partial charge in [0.1, 0.15) is 10.6 Å². The quantitative estimate of drug-likeness (QED) is 0.398. The van der Waals surface area contributed by atoms with Crippen molar-refractivity contribution < 1.29 is 9.18 Å². The van der Waals surface area contributed by atoms with Gasteiger partial charge in [0.25, 0.3) is 5.56 Å². The lowest BCUT2D eigenvalue weighted by atomic mass is 9.97. The standard InChI is InChI=1S/C21H21ClFN3O2S2/c1-2-9-26-20(28)18-13-5-3-4-6-16(13)30-19(18)25-21(26)29-11-17(27)24-12-7-8-15(23)14(22)10-12/h7-8,10H,2-6,9,11H2,1H3,(H,24,27). The number of nitrogens with zero attached hydrogens (tertiary/aromatic N) is 2. The van der Waals surface area contributed by atoms with E-state index in [0.717, 1.165) is 42.3 Å². The fourth-order valence-corrected chi connectivity index (χ4v) is 5.96. The zero-order valence-electron chi connectivity index (χ0n) is 16.5. The number of rotatable bonds is 6. The van der Waals surface area contributed by atoms with Crippen LogP contribution in [0.1, 0.15) is 36.6 Å². The van der Waals surface area contributed by atoms with Crippen molar-refractivity contribution in [1.82, 2.24) is 9.55 Å². The van der Waals surface area contributed by atoms with Gasteiger partial charge in [-0.1, -0.05) is 30.3 Å². The van der Waals surface area contributed by atoms with Crippen LogP contribution in [-0.2, 0) is 24.2 Å². The SMILES string of the molecule is CCCn1c(SCC(=O)Nc2ccc(F)c(Cl)c2)nc2sc3c(c2c1=O)CCCC3. The summed E-state index contributed by atoms with van der Waals surface area (Å²) in [6, 6.07) is 4.03. The first-order valence-electron chi connectivity index (χ1n) is 9.90. The van der Waals surface area contributed by atoms with Crippen LogP contribution in [0.5, 0.6) is 0 Å². The van der Waals surface area contributed by atoms with Gasteiger partial charge in [-0.25, -0.2) is 9.37 Å². The molecule has 30 heavy (non-hydrogen) atoms. The Morgan fingerprint density at radius 3 is 2.93 bits per heavy atom. The third kappa shape index (κ3) is 4.26. The number of nitrogens with one attached hydrogen (secondary N) is 1. The largest absolute Gasteiger partial charge is 0.325 e. The second-order valence-electron chi connectivity index (χ2n) is 7.21. The van der Waals surface area contributed by atoms with Crippen LogP contribution < -0.4 is 10.9 Å². The van der Waals surface area contributed by atoms with Crippen LogP contribution in [-0.4, -0.2) is 21.2 Å². The van der Waals surface area contributed by atoms with Crippen molar-refractivity contribution in [2.45, 2.75) is 50.7 Å². The molecule has 1 amide bonds. The molecule has 9 heteroatoms. The zero-order valence-corrected chi connectivity index (χ0v) is 18.9. The zero-order chi connectivity index (χ0) is 21.3. The lowest BCUT2D eigenvalue weighted by Crippen LogP contribution is -2.24. The van der Waals surface area contributed by atoms with Gasteiger partial charge in [-0.3, -0.25) is 14.2 Å². The van der Waals surface area contributed by atoms with Crippen LogP contribution in [0.15, 0.2) is 28.2 Å². The first kappa shape index (κ1) is 21.3. The second-order valence-corrected chi connectivity index (χ2v) is 9.64. The molecule has 2 aromatic heterocycles. The van der Waals surface area contributed by atoms with Crippen molar-refractivity contribution in [3.63, 3.8) is 0 Å². The Labute approximate surface area is 186 Å². The van der Waals surface area contributed by atoms with E-state index in [2.05, 4.69) is 5.32 Å². The number of benzene rings is 1. The molecule has 0 spiro atoms. The van der Waals surface area contributed by atoms with Gasteiger partial charge < -0.3 is 5.32 Å². The van der Waals surface area contributed by atoms with E-state index in [9.17, 15) is 14.0 Å². The van der Waals surface area contributed by atoms with Crippen LogP contribution in [0.2, 0.25) is 5.02 Å². The number of halogens is 2. The van der Waals surface area contributed by atoms with Gasteiger partial charge in [0, 0.05) is 17.1 Å². The third-order valence-corrected chi connectivity index (χ3v) is 7.47. The Morgan fingerprint density at radius 2 is 2.17 bits per heavy atom. The average Bonchev–Trinajstić information content (AvgIpc) is 3.10. The molecule has 1 aliphatic carbocycles. The van der Waals surface area contributed by atoms with Crippen LogP contribution in [0, 0.1) is 5.82 Å². The van der Waals surface area contributed by atoms with Crippen molar-refractivity contribution in [3.8, 4) is 0 Å². The van der Waals surface area contributed by atoms with Crippen LogP contribution in [0.3, 0.4) is 0 Å². The van der Waals surface area contributed by atoms with Crippen molar-refractivity contribution in [2.75, 3.05) is 11.1 Å². The number of thioether (sulfide) groups is 1. The van der Waals surface area contributed by atoms with E-state index in [1.165, 1.54) is 40.4 Å². The highest BCUT2D eigenvalue weighted by Crippen LogP contribution is 2.34. The normalized spacial score (nSPS) is 13.4. The van der Waals surface area contributed by atoms with Gasteiger partial charge in [-0.2, -0.15) is 0 Å². The lowest BCUT2D eigenvalue weighted by molar-refractivity contribution is -0.113.